The van der Waals surface area contributed by atoms with Crippen LogP contribution in [0.3, 0.4) is 0 Å². The van der Waals surface area contributed by atoms with Crippen LogP contribution >= 0.6 is 0 Å². The molecule has 2 heterocycles. The largest absolute Gasteiger partial charge is 0.224 e. The molecule has 6 nitrogen and oxygen atoms in total. The van der Waals surface area contributed by atoms with Crippen LogP contribution in [-0.2, 0) is 0 Å². The van der Waals surface area contributed by atoms with E-state index in [-0.39, 0.29) is 22.7 Å². The minimum absolute atomic E-state index is 0.0312. The van der Waals surface area contributed by atoms with Crippen LogP contribution in [0.1, 0.15) is 11.4 Å². The maximum atomic E-state index is 8.91. The summed E-state index contributed by atoms with van der Waals surface area (Å²) in [5, 5.41) is 17.8. The van der Waals surface area contributed by atoms with Gasteiger partial charge in [0.1, 0.15) is 20.0 Å². The first-order chi connectivity index (χ1) is 9.21. The normalized spacial score (nSPS) is 10.2. The highest BCUT2D eigenvalue weighted by Gasteiger charge is 2.11. The highest BCUT2D eigenvalue weighted by molar-refractivity contribution is 6.33. The fourth-order valence-corrected chi connectivity index (χ4v) is 1.77. The molecule has 0 radical (unpaired) electrons. The van der Waals surface area contributed by atoms with Crippen molar-refractivity contribution in [2.45, 2.75) is 0 Å². The summed E-state index contributed by atoms with van der Waals surface area (Å²) < 4.78 is 0. The third kappa shape index (κ3) is 1.74. The number of benzene rings is 1. The van der Waals surface area contributed by atoms with Gasteiger partial charge in [-0.15, -0.1) is 0 Å². The Balaban J connectivity index is 2.43. The van der Waals surface area contributed by atoms with Gasteiger partial charge in [0, 0.05) is 0 Å². The molecule has 19 heavy (non-hydrogen) atoms. The van der Waals surface area contributed by atoms with E-state index in [0.717, 1.165) is 5.46 Å². The van der Waals surface area contributed by atoms with Crippen molar-refractivity contribution in [1.82, 2.24) is 19.9 Å². The van der Waals surface area contributed by atoms with E-state index in [4.69, 9.17) is 10.5 Å². The summed E-state index contributed by atoms with van der Waals surface area (Å²) >= 11 is 0. The molecule has 0 saturated heterocycles. The Morgan fingerprint density at radius 2 is 1.42 bits per heavy atom. The van der Waals surface area contributed by atoms with Gasteiger partial charge < -0.3 is 0 Å². The average molecular weight is 244 g/mol. The highest BCUT2D eigenvalue weighted by atomic mass is 15.0. The Morgan fingerprint density at radius 1 is 0.842 bits per heavy atom. The standard InChI is InChI=1S/C12H5BN6/c13-6-1-2-7-8(3-6)17-12-11(16-7)18-9(4-14)10(5-15)19-12/h1-3H,13H2. The molecular weight excluding hydrogens is 239 g/mol. The lowest BCUT2D eigenvalue weighted by Gasteiger charge is -2.01. The lowest BCUT2D eigenvalue weighted by Crippen LogP contribution is -2.04. The summed E-state index contributed by atoms with van der Waals surface area (Å²) in [5.41, 5.74) is 2.91. The molecule has 0 N–H and O–H groups in total. The summed E-state index contributed by atoms with van der Waals surface area (Å²) in [6.07, 6.45) is 0. The van der Waals surface area contributed by atoms with Gasteiger partial charge in [0.15, 0.2) is 22.7 Å². The number of nitriles is 2. The van der Waals surface area contributed by atoms with E-state index in [9.17, 15) is 0 Å². The Labute approximate surface area is 108 Å². The van der Waals surface area contributed by atoms with Crippen molar-refractivity contribution in [1.29, 1.82) is 10.5 Å². The van der Waals surface area contributed by atoms with Crippen molar-refractivity contribution in [3.05, 3.63) is 29.6 Å². The number of hydrogen-bond acceptors (Lipinski definition) is 6. The van der Waals surface area contributed by atoms with Gasteiger partial charge in [0.25, 0.3) is 0 Å². The number of hydrogen-bond donors (Lipinski definition) is 0. The van der Waals surface area contributed by atoms with Crippen LogP contribution in [0.4, 0.5) is 0 Å². The number of fused-ring (bicyclic) bond motifs is 2. The first-order valence-corrected chi connectivity index (χ1v) is 5.47. The minimum Gasteiger partial charge on any atom is -0.224 e. The van der Waals surface area contributed by atoms with Crippen molar-refractivity contribution >= 4 is 35.6 Å². The van der Waals surface area contributed by atoms with Crippen molar-refractivity contribution in [2.75, 3.05) is 0 Å². The van der Waals surface area contributed by atoms with Crippen LogP contribution in [0.15, 0.2) is 18.2 Å². The van der Waals surface area contributed by atoms with Gasteiger partial charge in [-0.25, -0.2) is 19.9 Å². The second-order valence-electron chi connectivity index (χ2n) is 4.01. The molecule has 2 aromatic heterocycles. The predicted molar refractivity (Wildman–Crippen MR) is 70.2 cm³/mol. The first-order valence-electron chi connectivity index (χ1n) is 5.47. The van der Waals surface area contributed by atoms with Gasteiger partial charge in [0.05, 0.1) is 11.0 Å². The number of aromatic nitrogens is 4. The van der Waals surface area contributed by atoms with E-state index >= 15 is 0 Å². The molecule has 1 aromatic carbocycles. The third-order valence-electron chi connectivity index (χ3n) is 2.66. The van der Waals surface area contributed by atoms with Crippen molar-refractivity contribution in [2.24, 2.45) is 0 Å². The Kier molecular flexibility index (Phi) is 2.33. The molecule has 3 rings (SSSR count). The smallest absolute Gasteiger partial charge is 0.199 e. The first kappa shape index (κ1) is 11.1. The van der Waals surface area contributed by atoms with E-state index in [1.54, 1.807) is 0 Å². The zero-order valence-corrected chi connectivity index (χ0v) is 9.92. The Morgan fingerprint density at radius 3 is 2.00 bits per heavy atom. The fraction of sp³-hybridized carbons (Fsp3) is 0. The number of nitrogens with zero attached hydrogens (tertiary/aromatic N) is 6. The molecule has 0 aliphatic rings. The molecule has 7 heteroatoms. The van der Waals surface area contributed by atoms with E-state index < -0.39 is 0 Å². The van der Waals surface area contributed by atoms with E-state index in [1.165, 1.54) is 0 Å². The van der Waals surface area contributed by atoms with Gasteiger partial charge in [-0.3, -0.25) is 0 Å². The second kappa shape index (κ2) is 4.00. The lowest BCUT2D eigenvalue weighted by molar-refractivity contribution is 1.14. The Hall–Kier alpha value is -3.06. The van der Waals surface area contributed by atoms with Crippen LogP contribution in [0.2, 0.25) is 0 Å². The lowest BCUT2D eigenvalue weighted by atomic mass is 9.96. The summed E-state index contributed by atoms with van der Waals surface area (Å²) in [7, 11) is 1.95. The van der Waals surface area contributed by atoms with E-state index in [1.807, 2.05) is 38.2 Å². The van der Waals surface area contributed by atoms with Gasteiger partial charge >= 0.3 is 0 Å². The summed E-state index contributed by atoms with van der Waals surface area (Å²) in [4.78, 5) is 16.7. The number of rotatable bonds is 0. The monoisotopic (exact) mass is 244 g/mol. The molecule has 3 aromatic rings. The molecule has 0 aliphatic carbocycles. The summed E-state index contributed by atoms with van der Waals surface area (Å²) in [6.45, 7) is 0. The van der Waals surface area contributed by atoms with Gasteiger partial charge in [0.2, 0.25) is 0 Å². The van der Waals surface area contributed by atoms with Crippen LogP contribution in [0, 0.1) is 22.7 Å². The van der Waals surface area contributed by atoms with Crippen molar-refractivity contribution in [3.8, 4) is 12.1 Å². The SMILES string of the molecule is Bc1ccc2nc3nc(C#N)c(C#N)nc3nc2c1. The quantitative estimate of drug-likeness (QED) is 0.393. The van der Waals surface area contributed by atoms with E-state index in [2.05, 4.69) is 19.9 Å². The third-order valence-corrected chi connectivity index (χ3v) is 2.66. The van der Waals surface area contributed by atoms with Crippen LogP contribution in [-0.4, -0.2) is 27.8 Å². The Bertz CT molecular complexity index is 906. The minimum atomic E-state index is -0.0317. The predicted octanol–water partition coefficient (Wildman–Crippen LogP) is -0.425. The van der Waals surface area contributed by atoms with Gasteiger partial charge in [-0.1, -0.05) is 11.5 Å². The van der Waals surface area contributed by atoms with Gasteiger partial charge in [-0.2, -0.15) is 10.5 Å². The molecule has 0 amide bonds. The molecular formula is C12H5BN6. The van der Waals surface area contributed by atoms with Crippen LogP contribution < -0.4 is 5.46 Å². The molecule has 0 aliphatic heterocycles. The maximum Gasteiger partial charge on any atom is 0.199 e. The average Bonchev–Trinajstić information content (AvgIpc) is 2.43. The molecule has 0 fully saturated rings. The topological polar surface area (TPSA) is 99.1 Å². The molecule has 0 bridgehead atoms. The van der Waals surface area contributed by atoms with Crippen LogP contribution in [0.5, 0.6) is 0 Å². The highest BCUT2D eigenvalue weighted by Crippen LogP contribution is 2.13. The molecule has 0 atom stereocenters. The molecule has 86 valence electrons. The molecule has 0 spiro atoms. The van der Waals surface area contributed by atoms with Crippen molar-refractivity contribution < 1.29 is 0 Å². The molecule has 0 unspecified atom stereocenters. The summed E-state index contributed by atoms with van der Waals surface area (Å²) in [5.74, 6) is 0. The zero-order valence-electron chi connectivity index (χ0n) is 9.92. The van der Waals surface area contributed by atoms with Crippen LogP contribution in [0.25, 0.3) is 22.3 Å². The van der Waals surface area contributed by atoms with E-state index in [0.29, 0.717) is 11.0 Å². The van der Waals surface area contributed by atoms with Crippen molar-refractivity contribution in [3.63, 3.8) is 0 Å². The summed E-state index contributed by atoms with van der Waals surface area (Å²) in [6, 6.07) is 9.31. The fourth-order valence-electron chi connectivity index (χ4n) is 1.77. The molecule has 0 saturated carbocycles. The maximum absolute atomic E-state index is 8.91. The zero-order chi connectivity index (χ0) is 13.4. The van der Waals surface area contributed by atoms with Gasteiger partial charge in [-0.05, 0) is 12.1 Å². The second-order valence-corrected chi connectivity index (χ2v) is 4.01.